The van der Waals surface area contributed by atoms with Crippen LogP contribution in [0.1, 0.15) is 23.3 Å². The number of nitrogens with zero attached hydrogens (tertiary/aromatic N) is 3. The number of aromatic nitrogens is 3. The summed E-state index contributed by atoms with van der Waals surface area (Å²) >= 11 is 0. The lowest BCUT2D eigenvalue weighted by atomic mass is 10.3. The molecular weight excluding hydrogens is 251 g/mol. The van der Waals surface area contributed by atoms with Crippen molar-refractivity contribution >= 4 is 5.91 Å². The van der Waals surface area contributed by atoms with Crippen LogP contribution < -0.4 is 11.1 Å². The molecule has 0 aliphatic heterocycles. The van der Waals surface area contributed by atoms with Crippen LogP contribution in [-0.2, 0) is 6.54 Å². The molecule has 0 aliphatic carbocycles. The maximum Gasteiger partial charge on any atom is 0.389 e. The second-order valence-corrected chi connectivity index (χ2v) is 3.63. The summed E-state index contributed by atoms with van der Waals surface area (Å²) < 4.78 is 36.9. The van der Waals surface area contributed by atoms with Crippen molar-refractivity contribution in [1.82, 2.24) is 20.3 Å². The molecule has 0 fully saturated rings. The van der Waals surface area contributed by atoms with E-state index in [0.29, 0.717) is 13.1 Å². The summed E-state index contributed by atoms with van der Waals surface area (Å²) in [6.07, 6.45) is -3.89. The van der Waals surface area contributed by atoms with Gasteiger partial charge in [0.05, 0.1) is 12.7 Å². The molecule has 18 heavy (non-hydrogen) atoms. The van der Waals surface area contributed by atoms with Crippen LogP contribution in [0.2, 0.25) is 0 Å². The van der Waals surface area contributed by atoms with Gasteiger partial charge in [-0.05, 0) is 6.42 Å². The van der Waals surface area contributed by atoms with E-state index in [-0.39, 0.29) is 18.7 Å². The molecular formula is C9H14F3N5O. The van der Waals surface area contributed by atoms with Gasteiger partial charge in [0.15, 0.2) is 5.69 Å². The van der Waals surface area contributed by atoms with Crippen molar-refractivity contribution in [3.63, 3.8) is 0 Å². The van der Waals surface area contributed by atoms with Crippen molar-refractivity contribution in [2.24, 2.45) is 5.73 Å². The van der Waals surface area contributed by atoms with E-state index in [1.807, 2.05) is 0 Å². The molecule has 0 unspecified atom stereocenters. The summed E-state index contributed by atoms with van der Waals surface area (Å²) in [7, 11) is 0. The van der Waals surface area contributed by atoms with Crippen LogP contribution >= 0.6 is 0 Å². The topological polar surface area (TPSA) is 85.8 Å². The van der Waals surface area contributed by atoms with Gasteiger partial charge in [-0.15, -0.1) is 5.10 Å². The smallest absolute Gasteiger partial charge is 0.351 e. The van der Waals surface area contributed by atoms with Gasteiger partial charge in [-0.3, -0.25) is 9.48 Å². The highest BCUT2D eigenvalue weighted by molar-refractivity contribution is 5.91. The first-order valence-corrected chi connectivity index (χ1v) is 5.37. The van der Waals surface area contributed by atoms with Gasteiger partial charge in [-0.2, -0.15) is 13.2 Å². The summed E-state index contributed by atoms with van der Waals surface area (Å²) in [6.45, 7) is 0.729. The summed E-state index contributed by atoms with van der Waals surface area (Å²) in [5.41, 5.74) is 5.35. The molecule has 0 aromatic carbocycles. The van der Waals surface area contributed by atoms with E-state index in [0.717, 1.165) is 0 Å². The molecule has 0 saturated carbocycles. The van der Waals surface area contributed by atoms with Crippen molar-refractivity contribution in [2.45, 2.75) is 25.6 Å². The molecule has 1 amide bonds. The van der Waals surface area contributed by atoms with Gasteiger partial charge in [-0.25, -0.2) is 0 Å². The average Bonchev–Trinajstić information content (AvgIpc) is 2.72. The van der Waals surface area contributed by atoms with E-state index in [1.165, 1.54) is 10.9 Å². The van der Waals surface area contributed by atoms with Crippen molar-refractivity contribution < 1.29 is 18.0 Å². The largest absolute Gasteiger partial charge is 0.389 e. The molecule has 0 radical (unpaired) electrons. The number of alkyl halides is 3. The highest BCUT2D eigenvalue weighted by Gasteiger charge is 2.26. The normalized spacial score (nSPS) is 11.6. The van der Waals surface area contributed by atoms with Crippen LogP contribution in [0.5, 0.6) is 0 Å². The Bertz CT molecular complexity index is 390. The molecule has 0 spiro atoms. The monoisotopic (exact) mass is 265 g/mol. The number of carbonyl (C=O) groups excluding carboxylic acids is 1. The Hall–Kier alpha value is -1.64. The zero-order valence-electron chi connectivity index (χ0n) is 9.57. The fourth-order valence-electron chi connectivity index (χ4n) is 1.23. The average molecular weight is 265 g/mol. The number of nitrogens with one attached hydrogen (secondary N) is 1. The minimum Gasteiger partial charge on any atom is -0.351 e. The maximum atomic E-state index is 11.8. The number of rotatable bonds is 6. The zero-order valence-corrected chi connectivity index (χ0v) is 9.57. The molecule has 1 aromatic rings. The number of nitrogens with two attached hydrogens (primary N) is 1. The van der Waals surface area contributed by atoms with Crippen LogP contribution in [0.15, 0.2) is 6.20 Å². The molecule has 0 bridgehead atoms. The minimum atomic E-state index is -4.20. The first kappa shape index (κ1) is 14.4. The van der Waals surface area contributed by atoms with E-state index in [4.69, 9.17) is 5.73 Å². The van der Waals surface area contributed by atoms with Crippen LogP contribution in [0.25, 0.3) is 0 Å². The Morgan fingerprint density at radius 3 is 2.83 bits per heavy atom. The SMILES string of the molecule is NCCn1cc(C(=O)NCCCC(F)(F)F)nn1. The number of halogens is 3. The third kappa shape index (κ3) is 5.13. The molecule has 1 aromatic heterocycles. The quantitative estimate of drug-likeness (QED) is 0.725. The van der Waals surface area contributed by atoms with Gasteiger partial charge in [0.2, 0.25) is 0 Å². The van der Waals surface area contributed by atoms with Gasteiger partial charge in [0.25, 0.3) is 5.91 Å². The fraction of sp³-hybridized carbons (Fsp3) is 0.667. The van der Waals surface area contributed by atoms with Crippen LogP contribution in [0.4, 0.5) is 13.2 Å². The van der Waals surface area contributed by atoms with E-state index >= 15 is 0 Å². The fourth-order valence-corrected chi connectivity index (χ4v) is 1.23. The van der Waals surface area contributed by atoms with Crippen molar-refractivity contribution in [1.29, 1.82) is 0 Å². The van der Waals surface area contributed by atoms with Gasteiger partial charge in [-0.1, -0.05) is 5.21 Å². The first-order chi connectivity index (χ1) is 8.42. The lowest BCUT2D eigenvalue weighted by molar-refractivity contribution is -0.135. The van der Waals surface area contributed by atoms with Crippen LogP contribution in [0, 0.1) is 0 Å². The lowest BCUT2D eigenvalue weighted by Crippen LogP contribution is -2.26. The molecule has 1 heterocycles. The third-order valence-electron chi connectivity index (χ3n) is 2.05. The molecule has 3 N–H and O–H groups in total. The number of hydrogen-bond donors (Lipinski definition) is 2. The van der Waals surface area contributed by atoms with Gasteiger partial charge in [0.1, 0.15) is 0 Å². The first-order valence-electron chi connectivity index (χ1n) is 5.37. The predicted molar refractivity (Wildman–Crippen MR) is 56.7 cm³/mol. The number of hydrogen-bond acceptors (Lipinski definition) is 4. The molecule has 9 heteroatoms. The second kappa shape index (κ2) is 6.34. The van der Waals surface area contributed by atoms with Gasteiger partial charge in [0, 0.05) is 19.5 Å². The Morgan fingerprint density at radius 2 is 2.22 bits per heavy atom. The van der Waals surface area contributed by atoms with E-state index in [1.54, 1.807) is 0 Å². The number of amides is 1. The molecule has 0 atom stereocenters. The summed E-state index contributed by atoms with van der Waals surface area (Å²) in [5.74, 6) is -0.541. The summed E-state index contributed by atoms with van der Waals surface area (Å²) in [4.78, 5) is 11.4. The zero-order chi connectivity index (χ0) is 13.6. The molecule has 0 aliphatic rings. The second-order valence-electron chi connectivity index (χ2n) is 3.63. The van der Waals surface area contributed by atoms with E-state index in [2.05, 4.69) is 15.6 Å². The molecule has 1 rings (SSSR count). The van der Waals surface area contributed by atoms with Gasteiger partial charge < -0.3 is 11.1 Å². The summed E-state index contributed by atoms with van der Waals surface area (Å²) in [6, 6.07) is 0. The number of carbonyl (C=O) groups is 1. The lowest BCUT2D eigenvalue weighted by Gasteiger charge is -2.06. The van der Waals surface area contributed by atoms with Crippen LogP contribution in [0.3, 0.4) is 0 Å². The highest BCUT2D eigenvalue weighted by Crippen LogP contribution is 2.20. The predicted octanol–water partition coefficient (Wildman–Crippen LogP) is 0.309. The molecule has 0 saturated heterocycles. The van der Waals surface area contributed by atoms with Crippen molar-refractivity contribution in [3.05, 3.63) is 11.9 Å². The molecule has 6 nitrogen and oxygen atoms in total. The highest BCUT2D eigenvalue weighted by atomic mass is 19.4. The third-order valence-corrected chi connectivity index (χ3v) is 2.05. The molecule has 102 valence electrons. The van der Waals surface area contributed by atoms with Crippen molar-refractivity contribution in [3.8, 4) is 0 Å². The van der Waals surface area contributed by atoms with E-state index < -0.39 is 18.5 Å². The van der Waals surface area contributed by atoms with Crippen molar-refractivity contribution in [2.75, 3.05) is 13.1 Å². The Balaban J connectivity index is 2.31. The van der Waals surface area contributed by atoms with Gasteiger partial charge >= 0.3 is 6.18 Å². The summed E-state index contributed by atoms with van der Waals surface area (Å²) in [5, 5.41) is 9.57. The Morgan fingerprint density at radius 1 is 1.50 bits per heavy atom. The Kier molecular flexibility index (Phi) is 5.08. The van der Waals surface area contributed by atoms with E-state index in [9.17, 15) is 18.0 Å². The Labute approximate surface area is 101 Å². The van der Waals surface area contributed by atoms with Crippen LogP contribution in [-0.4, -0.2) is 40.2 Å². The minimum absolute atomic E-state index is 0.0535. The maximum absolute atomic E-state index is 11.8. The standard InChI is InChI=1S/C9H14F3N5O/c10-9(11,12)2-1-4-14-8(18)7-6-17(5-3-13)16-15-7/h6H,1-5,13H2,(H,14,18).